The number of nitro benzene ring substituents is 1. The molecule has 1 aromatic rings. The minimum absolute atomic E-state index is 0.106. The van der Waals surface area contributed by atoms with Crippen molar-refractivity contribution in [2.75, 3.05) is 13.1 Å². The highest BCUT2D eigenvalue weighted by molar-refractivity contribution is 5.99. The second-order valence-electron chi connectivity index (χ2n) is 3.49. The summed E-state index contributed by atoms with van der Waals surface area (Å²) in [5.74, 6) is -1.82. The van der Waals surface area contributed by atoms with Crippen LogP contribution in [0.25, 0.3) is 0 Å². The topological polar surface area (TPSA) is 101 Å². The molecule has 0 radical (unpaired) electrons. The fraction of sp³-hybridized carbons (Fsp3) is 0.273. The molecule has 1 aromatic carbocycles. The summed E-state index contributed by atoms with van der Waals surface area (Å²) >= 11 is 0. The second-order valence-corrected chi connectivity index (χ2v) is 3.49. The van der Waals surface area contributed by atoms with Crippen LogP contribution in [0.1, 0.15) is 17.3 Å². The van der Waals surface area contributed by atoms with Crippen LogP contribution in [-0.2, 0) is 4.79 Å². The Hall–Kier alpha value is -2.44. The molecule has 96 valence electrons. The summed E-state index contributed by atoms with van der Waals surface area (Å²) in [4.78, 5) is 33.7. The van der Waals surface area contributed by atoms with Crippen molar-refractivity contribution in [3.8, 4) is 0 Å². The Morgan fingerprint density at radius 2 is 2.00 bits per heavy atom. The minimum Gasteiger partial charge on any atom is -0.480 e. The van der Waals surface area contributed by atoms with E-state index in [-0.39, 0.29) is 17.8 Å². The van der Waals surface area contributed by atoms with Crippen LogP contribution in [-0.4, -0.2) is 39.9 Å². The highest BCUT2D eigenvalue weighted by Gasteiger charge is 2.24. The molecule has 0 unspecified atom stereocenters. The molecule has 0 fully saturated rings. The number of amides is 1. The Morgan fingerprint density at radius 3 is 2.50 bits per heavy atom. The first kappa shape index (κ1) is 13.6. The number of hydrogen-bond donors (Lipinski definition) is 1. The van der Waals surface area contributed by atoms with Crippen molar-refractivity contribution in [2.24, 2.45) is 0 Å². The maximum absolute atomic E-state index is 12.0. The van der Waals surface area contributed by atoms with Gasteiger partial charge in [0, 0.05) is 12.6 Å². The molecule has 1 N–H and O–H groups in total. The van der Waals surface area contributed by atoms with E-state index in [1.807, 2.05) is 0 Å². The van der Waals surface area contributed by atoms with Crippen molar-refractivity contribution in [3.63, 3.8) is 0 Å². The normalized spacial score (nSPS) is 9.83. The van der Waals surface area contributed by atoms with Crippen molar-refractivity contribution in [1.29, 1.82) is 0 Å². The number of carboxylic acids is 1. The third-order valence-corrected chi connectivity index (χ3v) is 2.33. The standard InChI is InChI=1S/C11H12N2O5/c1-2-12(7-10(14)15)11(16)8-5-3-4-6-9(8)13(17)18/h3-6H,2,7H2,1H3,(H,14,15). The van der Waals surface area contributed by atoms with Crippen LogP contribution in [0, 0.1) is 10.1 Å². The molecule has 1 amide bonds. The minimum atomic E-state index is -1.16. The summed E-state index contributed by atoms with van der Waals surface area (Å²) in [6, 6.07) is 5.46. The number of carbonyl (C=O) groups is 2. The number of aliphatic carboxylic acids is 1. The van der Waals surface area contributed by atoms with Gasteiger partial charge in [-0.15, -0.1) is 0 Å². The van der Waals surface area contributed by atoms with Crippen LogP contribution in [0.3, 0.4) is 0 Å². The summed E-state index contributed by atoms with van der Waals surface area (Å²) in [5, 5.41) is 19.4. The molecule has 0 aliphatic carbocycles. The second kappa shape index (κ2) is 5.76. The molecule has 0 saturated heterocycles. The molecule has 0 heterocycles. The largest absolute Gasteiger partial charge is 0.480 e. The maximum Gasteiger partial charge on any atom is 0.323 e. The molecule has 1 rings (SSSR count). The Balaban J connectivity index is 3.09. The van der Waals surface area contributed by atoms with E-state index < -0.39 is 23.3 Å². The van der Waals surface area contributed by atoms with Crippen LogP contribution in [0.15, 0.2) is 24.3 Å². The van der Waals surface area contributed by atoms with Gasteiger partial charge in [-0.1, -0.05) is 12.1 Å². The molecular formula is C11H12N2O5. The molecule has 7 heteroatoms. The first-order valence-electron chi connectivity index (χ1n) is 5.21. The average Bonchev–Trinajstić information content (AvgIpc) is 2.34. The van der Waals surface area contributed by atoms with Gasteiger partial charge in [0.25, 0.3) is 11.6 Å². The number of para-hydroxylation sites is 1. The van der Waals surface area contributed by atoms with Crippen molar-refractivity contribution in [2.45, 2.75) is 6.92 Å². The van der Waals surface area contributed by atoms with Crippen molar-refractivity contribution in [1.82, 2.24) is 4.90 Å². The van der Waals surface area contributed by atoms with Gasteiger partial charge >= 0.3 is 5.97 Å². The summed E-state index contributed by atoms with van der Waals surface area (Å²) < 4.78 is 0. The van der Waals surface area contributed by atoms with Crippen molar-refractivity contribution < 1.29 is 19.6 Å². The number of likely N-dealkylation sites (N-methyl/N-ethyl adjacent to an activating group) is 1. The lowest BCUT2D eigenvalue weighted by molar-refractivity contribution is -0.385. The summed E-state index contributed by atoms with van der Waals surface area (Å²) in [5.41, 5.74) is -0.433. The van der Waals surface area contributed by atoms with Gasteiger partial charge in [-0.3, -0.25) is 19.7 Å². The molecule has 18 heavy (non-hydrogen) atoms. The van der Waals surface area contributed by atoms with Gasteiger partial charge in [0.2, 0.25) is 0 Å². The zero-order valence-corrected chi connectivity index (χ0v) is 9.70. The average molecular weight is 252 g/mol. The number of carbonyl (C=O) groups excluding carboxylic acids is 1. The number of benzene rings is 1. The van der Waals surface area contributed by atoms with Gasteiger partial charge in [0.1, 0.15) is 12.1 Å². The van der Waals surface area contributed by atoms with E-state index in [2.05, 4.69) is 0 Å². The molecule has 7 nitrogen and oxygen atoms in total. The SMILES string of the molecule is CCN(CC(=O)O)C(=O)c1ccccc1[N+](=O)[O-]. The van der Waals surface area contributed by atoms with Gasteiger partial charge < -0.3 is 10.0 Å². The maximum atomic E-state index is 12.0. The van der Waals surface area contributed by atoms with Crippen LogP contribution >= 0.6 is 0 Å². The highest BCUT2D eigenvalue weighted by atomic mass is 16.6. The predicted octanol–water partition coefficient (Wildman–Crippen LogP) is 1.14. The Kier molecular flexibility index (Phi) is 4.36. The predicted molar refractivity (Wildman–Crippen MR) is 62.3 cm³/mol. The van der Waals surface area contributed by atoms with Crippen molar-refractivity contribution >= 4 is 17.6 Å². The first-order chi connectivity index (χ1) is 8.47. The van der Waals surface area contributed by atoms with E-state index in [4.69, 9.17) is 5.11 Å². The third-order valence-electron chi connectivity index (χ3n) is 2.33. The fourth-order valence-electron chi connectivity index (χ4n) is 1.47. The first-order valence-corrected chi connectivity index (χ1v) is 5.21. The van der Waals surface area contributed by atoms with Crippen LogP contribution in [0.2, 0.25) is 0 Å². The number of nitro groups is 1. The third kappa shape index (κ3) is 3.03. The van der Waals surface area contributed by atoms with E-state index in [1.165, 1.54) is 24.3 Å². The molecule has 0 bridgehead atoms. The van der Waals surface area contributed by atoms with E-state index in [0.29, 0.717) is 0 Å². The summed E-state index contributed by atoms with van der Waals surface area (Å²) in [7, 11) is 0. The Bertz CT molecular complexity index is 486. The lowest BCUT2D eigenvalue weighted by Gasteiger charge is -2.18. The Morgan fingerprint density at radius 1 is 1.39 bits per heavy atom. The van der Waals surface area contributed by atoms with Crippen LogP contribution in [0.5, 0.6) is 0 Å². The molecule has 0 aliphatic rings. The van der Waals surface area contributed by atoms with Crippen LogP contribution in [0.4, 0.5) is 5.69 Å². The number of hydrogen-bond acceptors (Lipinski definition) is 4. The van der Waals surface area contributed by atoms with Gasteiger partial charge in [-0.2, -0.15) is 0 Å². The summed E-state index contributed by atoms with van der Waals surface area (Å²) in [6.45, 7) is 1.29. The molecular weight excluding hydrogens is 240 g/mol. The van der Waals surface area contributed by atoms with E-state index in [1.54, 1.807) is 6.92 Å². The lowest BCUT2D eigenvalue weighted by atomic mass is 10.1. The molecule has 0 spiro atoms. The van der Waals surface area contributed by atoms with E-state index >= 15 is 0 Å². The zero-order chi connectivity index (χ0) is 13.7. The quantitative estimate of drug-likeness (QED) is 0.625. The highest BCUT2D eigenvalue weighted by Crippen LogP contribution is 2.19. The summed E-state index contributed by atoms with van der Waals surface area (Å²) in [6.07, 6.45) is 0. The van der Waals surface area contributed by atoms with E-state index in [0.717, 1.165) is 4.90 Å². The lowest BCUT2D eigenvalue weighted by Crippen LogP contribution is -2.35. The Labute approximate surface area is 103 Å². The number of nitrogens with zero attached hydrogens (tertiary/aromatic N) is 2. The molecule has 0 aromatic heterocycles. The smallest absolute Gasteiger partial charge is 0.323 e. The van der Waals surface area contributed by atoms with Gasteiger partial charge in [-0.25, -0.2) is 0 Å². The van der Waals surface area contributed by atoms with Gasteiger partial charge in [0.15, 0.2) is 0 Å². The van der Waals surface area contributed by atoms with Gasteiger partial charge in [0.05, 0.1) is 4.92 Å². The molecule has 0 aliphatic heterocycles. The van der Waals surface area contributed by atoms with E-state index in [9.17, 15) is 19.7 Å². The van der Waals surface area contributed by atoms with Crippen molar-refractivity contribution in [3.05, 3.63) is 39.9 Å². The monoisotopic (exact) mass is 252 g/mol. The molecule has 0 saturated carbocycles. The van der Waals surface area contributed by atoms with Gasteiger partial charge in [-0.05, 0) is 13.0 Å². The number of rotatable bonds is 5. The zero-order valence-electron chi connectivity index (χ0n) is 9.70. The fourth-order valence-corrected chi connectivity index (χ4v) is 1.47. The number of carboxylic acid groups (broad SMARTS) is 1. The van der Waals surface area contributed by atoms with Crippen LogP contribution < -0.4 is 0 Å². The molecule has 0 atom stereocenters.